The smallest absolute Gasteiger partial charge is 0.410 e. The van der Waals surface area contributed by atoms with Crippen LogP contribution in [0.15, 0.2) is 36.5 Å². The van der Waals surface area contributed by atoms with Crippen molar-refractivity contribution < 1.29 is 24.2 Å². The topological polar surface area (TPSA) is 112 Å². The minimum Gasteiger partial charge on any atom is -0.481 e. The van der Waals surface area contributed by atoms with Gasteiger partial charge in [0.05, 0.1) is 11.7 Å². The number of hydrogen-bond acceptors (Lipinski definition) is 6. The molecule has 0 spiro atoms. The first-order chi connectivity index (χ1) is 20.2. The van der Waals surface area contributed by atoms with Crippen molar-refractivity contribution in [3.63, 3.8) is 0 Å². The summed E-state index contributed by atoms with van der Waals surface area (Å²) in [5.74, 6) is -0.952. The van der Waals surface area contributed by atoms with Gasteiger partial charge in [0.15, 0.2) is 0 Å². The van der Waals surface area contributed by atoms with Crippen molar-refractivity contribution in [3.8, 4) is 0 Å². The van der Waals surface area contributed by atoms with Gasteiger partial charge >= 0.3 is 6.09 Å². The number of carboxylic acids is 1. The van der Waals surface area contributed by atoms with Gasteiger partial charge in [-0.1, -0.05) is 57.3 Å². The Morgan fingerprint density at radius 2 is 1.74 bits per heavy atom. The number of aryl methyl sites for hydroxylation is 2. The number of rotatable bonds is 7. The van der Waals surface area contributed by atoms with Crippen LogP contribution in [0.3, 0.4) is 0 Å². The first kappa shape index (κ1) is 37.9. The zero-order chi connectivity index (χ0) is 32.7. The number of pyridine rings is 1. The average Bonchev–Trinajstić information content (AvgIpc) is 2.94. The van der Waals surface area contributed by atoms with Gasteiger partial charge in [-0.25, -0.2) is 4.79 Å². The van der Waals surface area contributed by atoms with Gasteiger partial charge in [-0.2, -0.15) is 0 Å². The van der Waals surface area contributed by atoms with Gasteiger partial charge in [0.2, 0.25) is 5.91 Å². The number of nitrogens with one attached hydrogen (secondary N) is 1. The van der Waals surface area contributed by atoms with Crippen LogP contribution in [0.5, 0.6) is 0 Å². The summed E-state index contributed by atoms with van der Waals surface area (Å²) in [6, 6.07) is 9.03. The monoisotopic (exact) mass is 618 g/mol. The first-order valence-electron chi connectivity index (χ1n) is 15.1. The molecule has 2 atom stereocenters. The van der Waals surface area contributed by atoms with Crippen LogP contribution in [-0.4, -0.2) is 75.7 Å². The third-order valence-electron chi connectivity index (χ3n) is 6.65. The van der Waals surface area contributed by atoms with Crippen LogP contribution < -0.4 is 5.32 Å². The Bertz CT molecular complexity index is 1180. The normalized spacial score (nSPS) is 15.7. The third kappa shape index (κ3) is 12.5. The van der Waals surface area contributed by atoms with Crippen molar-refractivity contribution >= 4 is 29.6 Å². The highest BCUT2D eigenvalue weighted by molar-refractivity contribution is 6.30. The number of amides is 2. The highest BCUT2D eigenvalue weighted by Crippen LogP contribution is 2.36. The Hall–Kier alpha value is -3.17. The average molecular weight is 619 g/mol. The Morgan fingerprint density at radius 3 is 2.26 bits per heavy atom. The Morgan fingerprint density at radius 1 is 1.12 bits per heavy atom. The maximum Gasteiger partial charge on any atom is 0.410 e. The molecule has 1 saturated heterocycles. The lowest BCUT2D eigenvalue weighted by Crippen LogP contribution is -2.61. The summed E-state index contributed by atoms with van der Waals surface area (Å²) in [7, 11) is 0. The van der Waals surface area contributed by atoms with Crippen LogP contribution in [0.1, 0.15) is 96.7 Å². The minimum atomic E-state index is -0.833. The fourth-order valence-corrected chi connectivity index (χ4v) is 4.73. The molecule has 0 aliphatic carbocycles. The van der Waals surface area contributed by atoms with Crippen LogP contribution in [0.4, 0.5) is 4.79 Å². The van der Waals surface area contributed by atoms with E-state index >= 15 is 0 Å². The van der Waals surface area contributed by atoms with Crippen molar-refractivity contribution in [2.45, 2.75) is 99.3 Å². The molecule has 1 unspecified atom stereocenters. The number of ether oxygens (including phenoxy) is 1. The van der Waals surface area contributed by atoms with E-state index in [4.69, 9.17) is 31.2 Å². The fraction of sp³-hybridized carbons (Fsp3) is 0.576. The minimum absolute atomic E-state index is 0.119. The SMILES string of the molecule is CC(=O)O.CCCC.CCNC(=O)[C@H]1CN(C(=O)OC(C)(C)C)CCN1C(c1ccc(Cl)cc1CC)c1ncccc1C. The van der Waals surface area contributed by atoms with E-state index in [1.54, 1.807) is 11.1 Å². The number of piperazine rings is 1. The van der Waals surface area contributed by atoms with Gasteiger partial charge in [-0.05, 0) is 75.9 Å². The standard InChI is InChI=1S/C27H37ClN4O3.C4H10.C2H4O2/c1-7-19-16-20(28)11-12-21(19)24(23-18(3)10-9-13-30-23)32-15-14-31(26(34)35-27(4,5)6)17-22(32)25(33)29-8-2;1-3-4-2;1-2(3)4/h9-13,16,22,24H,7-8,14-15,17H2,1-6H3,(H,29,33);3-4H2,1-2H3;1H3,(H,3,4)/t22-,24?;;/m1../s1. The summed E-state index contributed by atoms with van der Waals surface area (Å²) in [6.07, 6.45) is 4.81. The molecule has 10 heteroatoms. The molecule has 1 aromatic carbocycles. The number of hydrogen-bond donors (Lipinski definition) is 2. The van der Waals surface area contributed by atoms with Gasteiger partial charge in [0.1, 0.15) is 11.6 Å². The van der Waals surface area contributed by atoms with Gasteiger partial charge < -0.3 is 20.1 Å². The molecule has 2 N–H and O–H groups in total. The highest BCUT2D eigenvalue weighted by Gasteiger charge is 2.41. The zero-order valence-corrected chi connectivity index (χ0v) is 28.1. The second kappa shape index (κ2) is 18.5. The summed E-state index contributed by atoms with van der Waals surface area (Å²) in [5, 5.41) is 11.1. The summed E-state index contributed by atoms with van der Waals surface area (Å²) in [5.41, 5.74) is 3.50. The number of aliphatic carboxylic acids is 1. The van der Waals surface area contributed by atoms with E-state index in [0.29, 0.717) is 24.7 Å². The number of carbonyl (C=O) groups excluding carboxylic acids is 2. The van der Waals surface area contributed by atoms with Crippen LogP contribution in [-0.2, 0) is 20.7 Å². The van der Waals surface area contributed by atoms with E-state index < -0.39 is 23.7 Å². The van der Waals surface area contributed by atoms with Crippen molar-refractivity contribution in [3.05, 3.63) is 63.9 Å². The van der Waals surface area contributed by atoms with E-state index in [0.717, 1.165) is 35.7 Å². The molecular formula is C33H51ClN4O5. The van der Waals surface area contributed by atoms with Crippen LogP contribution in [0.25, 0.3) is 0 Å². The highest BCUT2D eigenvalue weighted by atomic mass is 35.5. The van der Waals surface area contributed by atoms with E-state index in [2.05, 4.69) is 31.0 Å². The number of benzene rings is 1. The quantitative estimate of drug-likeness (QED) is 0.357. The number of halogens is 1. The molecule has 2 aromatic rings. The Labute approximate surface area is 263 Å². The molecule has 1 aliphatic heterocycles. The second-order valence-corrected chi connectivity index (χ2v) is 11.8. The van der Waals surface area contributed by atoms with E-state index in [1.807, 2.05) is 65.0 Å². The molecule has 240 valence electrons. The number of likely N-dealkylation sites (N-methyl/N-ethyl adjacent to an activating group) is 1. The summed E-state index contributed by atoms with van der Waals surface area (Å²) >= 11 is 6.34. The fourth-order valence-electron chi connectivity index (χ4n) is 4.54. The molecule has 9 nitrogen and oxygen atoms in total. The number of carboxylic acid groups (broad SMARTS) is 1. The number of aromatic nitrogens is 1. The van der Waals surface area contributed by atoms with Crippen molar-refractivity contribution in [1.29, 1.82) is 0 Å². The number of unbranched alkanes of at least 4 members (excludes halogenated alkanes) is 1. The first-order valence-corrected chi connectivity index (χ1v) is 15.5. The predicted octanol–water partition coefficient (Wildman–Crippen LogP) is 6.65. The molecular weight excluding hydrogens is 568 g/mol. The van der Waals surface area contributed by atoms with E-state index in [9.17, 15) is 9.59 Å². The lowest BCUT2D eigenvalue weighted by molar-refractivity contribution is -0.134. The van der Waals surface area contributed by atoms with Crippen molar-refractivity contribution in [2.24, 2.45) is 0 Å². The predicted molar refractivity (Wildman–Crippen MR) is 173 cm³/mol. The van der Waals surface area contributed by atoms with E-state index in [-0.39, 0.29) is 18.5 Å². The molecule has 2 amide bonds. The van der Waals surface area contributed by atoms with Crippen molar-refractivity contribution in [2.75, 3.05) is 26.2 Å². The lowest BCUT2D eigenvalue weighted by Gasteiger charge is -2.45. The molecule has 1 aromatic heterocycles. The number of carbonyl (C=O) groups is 3. The largest absolute Gasteiger partial charge is 0.481 e. The summed E-state index contributed by atoms with van der Waals surface area (Å²) in [6.45, 7) is 18.7. The second-order valence-electron chi connectivity index (χ2n) is 11.4. The van der Waals surface area contributed by atoms with Crippen LogP contribution in [0, 0.1) is 6.92 Å². The molecule has 1 aliphatic rings. The molecule has 1 fully saturated rings. The molecule has 3 rings (SSSR count). The molecule has 0 radical (unpaired) electrons. The summed E-state index contributed by atoms with van der Waals surface area (Å²) < 4.78 is 5.61. The molecule has 2 heterocycles. The molecule has 0 bridgehead atoms. The summed E-state index contributed by atoms with van der Waals surface area (Å²) in [4.78, 5) is 43.8. The maximum atomic E-state index is 13.3. The van der Waals surface area contributed by atoms with Crippen molar-refractivity contribution in [1.82, 2.24) is 20.1 Å². The van der Waals surface area contributed by atoms with Gasteiger partial charge in [0.25, 0.3) is 5.97 Å². The molecule has 43 heavy (non-hydrogen) atoms. The Kier molecular flexibility index (Phi) is 16.3. The Balaban J connectivity index is 0.00000103. The third-order valence-corrected chi connectivity index (χ3v) is 6.88. The van der Waals surface area contributed by atoms with Gasteiger partial charge in [0, 0.05) is 44.3 Å². The van der Waals surface area contributed by atoms with Gasteiger partial charge in [-0.15, -0.1) is 0 Å². The maximum absolute atomic E-state index is 13.3. The van der Waals surface area contributed by atoms with E-state index in [1.165, 1.54) is 12.8 Å². The molecule has 0 saturated carbocycles. The zero-order valence-electron chi connectivity index (χ0n) is 27.4. The van der Waals surface area contributed by atoms with Gasteiger partial charge in [-0.3, -0.25) is 19.5 Å². The lowest BCUT2D eigenvalue weighted by atomic mass is 9.91. The van der Waals surface area contributed by atoms with Crippen LogP contribution in [0.2, 0.25) is 5.02 Å². The van der Waals surface area contributed by atoms with Crippen LogP contribution >= 0.6 is 11.6 Å². The number of nitrogens with zero attached hydrogens (tertiary/aromatic N) is 3.